The molecular formula is C10H17NO. The van der Waals surface area contributed by atoms with Gasteiger partial charge in [-0.25, -0.2) is 0 Å². The van der Waals surface area contributed by atoms with Crippen LogP contribution in [0.5, 0.6) is 0 Å². The summed E-state index contributed by atoms with van der Waals surface area (Å²) in [5, 5.41) is 0. The van der Waals surface area contributed by atoms with Gasteiger partial charge in [-0.3, -0.25) is 4.79 Å². The van der Waals surface area contributed by atoms with Crippen molar-refractivity contribution in [3.8, 4) is 12.3 Å². The van der Waals surface area contributed by atoms with Gasteiger partial charge in [0, 0.05) is 13.0 Å². The number of rotatable bonds is 4. The number of amides is 1. The third kappa shape index (κ3) is 2.96. The van der Waals surface area contributed by atoms with Crippen LogP contribution in [-0.4, -0.2) is 24.4 Å². The van der Waals surface area contributed by atoms with Crippen molar-refractivity contribution in [2.24, 2.45) is 5.92 Å². The molecule has 0 rings (SSSR count). The van der Waals surface area contributed by atoms with E-state index in [9.17, 15) is 4.79 Å². The van der Waals surface area contributed by atoms with E-state index in [1.807, 2.05) is 13.8 Å². The molecule has 12 heavy (non-hydrogen) atoms. The molecule has 0 aromatic rings. The van der Waals surface area contributed by atoms with Crippen molar-refractivity contribution in [2.45, 2.75) is 26.7 Å². The molecule has 0 aromatic heterocycles. The molecule has 0 N–H and O–H groups in total. The summed E-state index contributed by atoms with van der Waals surface area (Å²) in [7, 11) is 1.75. The smallest absolute Gasteiger partial charge is 0.226 e. The van der Waals surface area contributed by atoms with Gasteiger partial charge in [-0.15, -0.1) is 6.42 Å². The molecule has 0 aliphatic rings. The first-order valence-corrected chi connectivity index (χ1v) is 4.35. The van der Waals surface area contributed by atoms with E-state index in [4.69, 9.17) is 6.42 Å². The average Bonchev–Trinajstić information content (AvgIpc) is 2.07. The minimum atomic E-state index is 0.142. The molecule has 0 aliphatic carbocycles. The lowest BCUT2D eigenvalue weighted by Gasteiger charge is -2.19. The quantitative estimate of drug-likeness (QED) is 0.581. The van der Waals surface area contributed by atoms with E-state index in [2.05, 4.69) is 5.92 Å². The summed E-state index contributed by atoms with van der Waals surface area (Å²) in [6.07, 6.45) is 6.89. The monoisotopic (exact) mass is 167 g/mol. The predicted octanol–water partition coefficient (Wildman–Crippen LogP) is 1.51. The van der Waals surface area contributed by atoms with Crippen LogP contribution in [0.15, 0.2) is 0 Å². The highest BCUT2D eigenvalue weighted by Gasteiger charge is 2.17. The van der Waals surface area contributed by atoms with E-state index in [0.29, 0.717) is 6.54 Å². The average molecular weight is 167 g/mol. The molecule has 0 spiro atoms. The van der Waals surface area contributed by atoms with Gasteiger partial charge in [0.05, 0.1) is 6.54 Å². The molecule has 2 nitrogen and oxygen atoms in total. The van der Waals surface area contributed by atoms with Gasteiger partial charge in [0.25, 0.3) is 0 Å². The van der Waals surface area contributed by atoms with Crippen LogP contribution in [0.25, 0.3) is 0 Å². The van der Waals surface area contributed by atoms with Crippen LogP contribution >= 0.6 is 0 Å². The van der Waals surface area contributed by atoms with E-state index < -0.39 is 0 Å². The fourth-order valence-electron chi connectivity index (χ4n) is 1.16. The first-order chi connectivity index (χ1) is 5.67. The summed E-state index contributed by atoms with van der Waals surface area (Å²) in [6, 6.07) is 0. The van der Waals surface area contributed by atoms with Crippen LogP contribution in [0.1, 0.15) is 26.7 Å². The second kappa shape index (κ2) is 5.65. The third-order valence-electron chi connectivity index (χ3n) is 2.04. The zero-order valence-electron chi connectivity index (χ0n) is 8.13. The lowest BCUT2D eigenvalue weighted by molar-refractivity contribution is -0.133. The van der Waals surface area contributed by atoms with Crippen LogP contribution in [0.3, 0.4) is 0 Å². The maximum atomic E-state index is 11.5. The Morgan fingerprint density at radius 1 is 1.50 bits per heavy atom. The van der Waals surface area contributed by atoms with Crippen molar-refractivity contribution >= 4 is 5.91 Å². The van der Waals surface area contributed by atoms with Gasteiger partial charge < -0.3 is 4.90 Å². The summed E-state index contributed by atoms with van der Waals surface area (Å²) in [5.41, 5.74) is 0. The fourth-order valence-corrected chi connectivity index (χ4v) is 1.16. The van der Waals surface area contributed by atoms with Gasteiger partial charge >= 0.3 is 0 Å². The van der Waals surface area contributed by atoms with Gasteiger partial charge in [-0.2, -0.15) is 0 Å². The minimum absolute atomic E-state index is 0.142. The van der Waals surface area contributed by atoms with E-state index in [1.54, 1.807) is 11.9 Å². The van der Waals surface area contributed by atoms with Crippen LogP contribution in [-0.2, 0) is 4.79 Å². The molecule has 2 heteroatoms. The predicted molar refractivity (Wildman–Crippen MR) is 50.5 cm³/mol. The zero-order valence-corrected chi connectivity index (χ0v) is 8.13. The largest absolute Gasteiger partial charge is 0.334 e. The molecular weight excluding hydrogens is 150 g/mol. The van der Waals surface area contributed by atoms with Gasteiger partial charge in [0.15, 0.2) is 0 Å². The fraction of sp³-hybridized carbons (Fsp3) is 0.700. The Morgan fingerprint density at radius 3 is 2.33 bits per heavy atom. The zero-order chi connectivity index (χ0) is 9.56. The molecule has 0 aliphatic heterocycles. The molecule has 0 unspecified atom stereocenters. The van der Waals surface area contributed by atoms with E-state index in [0.717, 1.165) is 12.8 Å². The molecule has 0 saturated heterocycles. The Hall–Kier alpha value is -0.970. The second-order valence-electron chi connectivity index (χ2n) is 2.91. The third-order valence-corrected chi connectivity index (χ3v) is 2.04. The number of hydrogen-bond donors (Lipinski definition) is 0. The van der Waals surface area contributed by atoms with Crippen molar-refractivity contribution in [1.29, 1.82) is 0 Å². The van der Waals surface area contributed by atoms with Crippen molar-refractivity contribution in [3.05, 3.63) is 0 Å². The van der Waals surface area contributed by atoms with Gasteiger partial charge in [0.1, 0.15) is 0 Å². The number of carbonyl (C=O) groups is 1. The van der Waals surface area contributed by atoms with Crippen molar-refractivity contribution in [1.82, 2.24) is 4.90 Å². The maximum Gasteiger partial charge on any atom is 0.226 e. The highest BCUT2D eigenvalue weighted by molar-refractivity contribution is 5.78. The molecule has 0 aromatic carbocycles. The van der Waals surface area contributed by atoms with E-state index in [-0.39, 0.29) is 11.8 Å². The van der Waals surface area contributed by atoms with Crippen LogP contribution < -0.4 is 0 Å². The number of terminal acetylenes is 1. The SMILES string of the molecule is C#CCN(C)C(=O)C(CC)CC. The van der Waals surface area contributed by atoms with E-state index in [1.165, 1.54) is 0 Å². The molecule has 1 amide bonds. The Labute approximate surface area is 74.9 Å². The Bertz CT molecular complexity index is 177. The minimum Gasteiger partial charge on any atom is -0.334 e. The van der Waals surface area contributed by atoms with E-state index >= 15 is 0 Å². The molecule has 0 atom stereocenters. The summed E-state index contributed by atoms with van der Waals surface area (Å²) in [4.78, 5) is 13.1. The molecule has 0 radical (unpaired) electrons. The first-order valence-electron chi connectivity index (χ1n) is 4.35. The lowest BCUT2D eigenvalue weighted by Crippen LogP contribution is -2.32. The Kier molecular flexibility index (Phi) is 5.19. The first kappa shape index (κ1) is 11.0. The highest BCUT2D eigenvalue weighted by atomic mass is 16.2. The number of nitrogens with zero attached hydrogens (tertiary/aromatic N) is 1. The summed E-state index contributed by atoms with van der Waals surface area (Å²) >= 11 is 0. The standard InChI is InChI=1S/C10H17NO/c1-5-8-11(4)10(12)9(6-2)7-3/h1,9H,6-8H2,2-4H3. The Morgan fingerprint density at radius 2 is 2.00 bits per heavy atom. The van der Waals surface area contributed by atoms with Gasteiger partial charge in [0.2, 0.25) is 5.91 Å². The van der Waals surface area contributed by atoms with Gasteiger partial charge in [-0.05, 0) is 12.8 Å². The highest BCUT2D eigenvalue weighted by Crippen LogP contribution is 2.10. The lowest BCUT2D eigenvalue weighted by atomic mass is 10.0. The van der Waals surface area contributed by atoms with Crippen LogP contribution in [0.4, 0.5) is 0 Å². The molecule has 68 valence electrons. The Balaban J connectivity index is 4.08. The molecule has 0 fully saturated rings. The summed E-state index contributed by atoms with van der Waals surface area (Å²) in [6.45, 7) is 4.46. The van der Waals surface area contributed by atoms with Gasteiger partial charge in [-0.1, -0.05) is 19.8 Å². The topological polar surface area (TPSA) is 20.3 Å². The molecule has 0 heterocycles. The second-order valence-corrected chi connectivity index (χ2v) is 2.91. The summed E-state index contributed by atoms with van der Waals surface area (Å²) < 4.78 is 0. The van der Waals surface area contributed by atoms with Crippen LogP contribution in [0.2, 0.25) is 0 Å². The van der Waals surface area contributed by atoms with Crippen molar-refractivity contribution in [3.63, 3.8) is 0 Å². The maximum absolute atomic E-state index is 11.5. The number of carbonyl (C=O) groups excluding carboxylic acids is 1. The van der Waals surface area contributed by atoms with Crippen molar-refractivity contribution in [2.75, 3.05) is 13.6 Å². The molecule has 0 saturated carbocycles. The summed E-state index contributed by atoms with van der Waals surface area (Å²) in [5.74, 6) is 2.76. The normalized spacial score (nSPS) is 9.58. The number of hydrogen-bond acceptors (Lipinski definition) is 1. The van der Waals surface area contributed by atoms with Crippen LogP contribution in [0, 0.1) is 18.3 Å². The van der Waals surface area contributed by atoms with Crippen molar-refractivity contribution < 1.29 is 4.79 Å². The molecule has 0 bridgehead atoms.